The molecule has 0 aliphatic carbocycles. The number of furan rings is 1. The molecule has 2 aromatic heterocycles. The molecule has 0 spiro atoms. The number of aliphatic hydroxyl groups excluding tert-OH is 1. The van der Waals surface area contributed by atoms with Gasteiger partial charge in [-0.2, -0.15) is 0 Å². The van der Waals surface area contributed by atoms with Gasteiger partial charge in [0, 0.05) is 19.0 Å². The summed E-state index contributed by atoms with van der Waals surface area (Å²) in [7, 11) is 0. The number of hydrogen-bond donors (Lipinski definition) is 1. The summed E-state index contributed by atoms with van der Waals surface area (Å²) in [5.74, 6) is 0.594. The van der Waals surface area contributed by atoms with Crippen LogP contribution in [0.4, 0.5) is 0 Å². The lowest BCUT2D eigenvalue weighted by molar-refractivity contribution is 0.0645. The zero-order valence-corrected chi connectivity index (χ0v) is 13.4. The second-order valence-electron chi connectivity index (χ2n) is 5.53. The van der Waals surface area contributed by atoms with Crippen molar-refractivity contribution in [3.05, 3.63) is 40.2 Å². The van der Waals surface area contributed by atoms with Crippen molar-refractivity contribution in [3.8, 4) is 0 Å². The van der Waals surface area contributed by atoms with Crippen molar-refractivity contribution < 1.29 is 14.3 Å². The minimum absolute atomic E-state index is 0.0337. The van der Waals surface area contributed by atoms with E-state index in [0.29, 0.717) is 17.1 Å². The summed E-state index contributed by atoms with van der Waals surface area (Å²) in [4.78, 5) is 19.5. The van der Waals surface area contributed by atoms with Crippen LogP contribution in [0.1, 0.15) is 52.7 Å². The van der Waals surface area contributed by atoms with Gasteiger partial charge >= 0.3 is 0 Å². The van der Waals surface area contributed by atoms with E-state index in [9.17, 15) is 9.90 Å². The molecule has 5 nitrogen and oxygen atoms in total. The Labute approximate surface area is 133 Å². The van der Waals surface area contributed by atoms with Gasteiger partial charge in [0.05, 0.1) is 17.5 Å². The molecule has 0 bridgehead atoms. The highest BCUT2D eigenvalue weighted by Gasteiger charge is 2.32. The number of aromatic nitrogens is 1. The zero-order chi connectivity index (χ0) is 15.5. The van der Waals surface area contributed by atoms with E-state index in [-0.39, 0.29) is 11.9 Å². The Morgan fingerprint density at radius 3 is 3.18 bits per heavy atom. The molecule has 1 aliphatic heterocycles. The van der Waals surface area contributed by atoms with Crippen LogP contribution in [0.5, 0.6) is 0 Å². The summed E-state index contributed by atoms with van der Waals surface area (Å²) in [6, 6.07) is 3.59. The van der Waals surface area contributed by atoms with Gasteiger partial charge in [-0.1, -0.05) is 6.92 Å². The van der Waals surface area contributed by atoms with Gasteiger partial charge in [-0.15, -0.1) is 11.3 Å². The molecule has 3 heterocycles. The summed E-state index contributed by atoms with van der Waals surface area (Å²) in [5, 5.41) is 11.2. The number of nitrogens with zero attached hydrogens (tertiary/aromatic N) is 2. The van der Waals surface area contributed by atoms with Gasteiger partial charge in [0.25, 0.3) is 5.91 Å². The summed E-state index contributed by atoms with van der Waals surface area (Å²) >= 11 is 1.46. The molecule has 2 atom stereocenters. The third-order valence-corrected chi connectivity index (χ3v) is 5.20. The topological polar surface area (TPSA) is 66.6 Å². The lowest BCUT2D eigenvalue weighted by atomic mass is 10.1. The number of likely N-dealkylation sites (tertiary alicyclic amines) is 1. The number of hydrogen-bond acceptors (Lipinski definition) is 5. The van der Waals surface area contributed by atoms with E-state index in [1.54, 1.807) is 24.6 Å². The number of carbonyl (C=O) groups excluding carboxylic acids is 1. The number of aliphatic hydroxyl groups is 1. The molecule has 1 fully saturated rings. The number of carbonyl (C=O) groups is 1. The van der Waals surface area contributed by atoms with Gasteiger partial charge in [-0.05, 0) is 31.4 Å². The van der Waals surface area contributed by atoms with Crippen LogP contribution < -0.4 is 0 Å². The smallest absolute Gasteiger partial charge is 0.265 e. The molecule has 3 rings (SSSR count). The van der Waals surface area contributed by atoms with Crippen LogP contribution in [-0.2, 0) is 6.42 Å². The molecule has 2 unspecified atom stereocenters. The first kappa shape index (κ1) is 15.2. The lowest BCUT2D eigenvalue weighted by Crippen LogP contribution is -2.36. The van der Waals surface area contributed by atoms with Gasteiger partial charge in [-0.3, -0.25) is 4.79 Å². The van der Waals surface area contributed by atoms with Crippen molar-refractivity contribution in [2.75, 3.05) is 6.54 Å². The third-order valence-electron chi connectivity index (χ3n) is 4.07. The Hall–Kier alpha value is -1.66. The van der Waals surface area contributed by atoms with E-state index < -0.39 is 6.10 Å². The highest BCUT2D eigenvalue weighted by Crippen LogP contribution is 2.29. The first-order valence-corrected chi connectivity index (χ1v) is 8.47. The Morgan fingerprint density at radius 2 is 2.50 bits per heavy atom. The van der Waals surface area contributed by atoms with E-state index in [0.717, 1.165) is 30.8 Å². The monoisotopic (exact) mass is 320 g/mol. The van der Waals surface area contributed by atoms with Crippen molar-refractivity contribution >= 4 is 17.2 Å². The largest absolute Gasteiger partial charge is 0.467 e. The maximum Gasteiger partial charge on any atom is 0.265 e. The lowest BCUT2D eigenvalue weighted by Gasteiger charge is -2.25. The summed E-state index contributed by atoms with van der Waals surface area (Å²) in [6.45, 7) is 2.78. The fraction of sp³-hybridized carbons (Fsp3) is 0.500. The molecule has 6 heteroatoms. The van der Waals surface area contributed by atoms with Gasteiger partial charge in [0.1, 0.15) is 16.7 Å². The normalized spacial score (nSPS) is 19.5. The molecule has 118 valence electrons. The molecule has 1 saturated heterocycles. The molecule has 0 aromatic carbocycles. The quantitative estimate of drug-likeness (QED) is 0.919. The average molecular weight is 320 g/mol. The first-order valence-electron chi connectivity index (χ1n) is 7.66. The van der Waals surface area contributed by atoms with Crippen LogP contribution in [0, 0.1) is 0 Å². The van der Waals surface area contributed by atoms with E-state index in [1.807, 2.05) is 11.8 Å². The van der Waals surface area contributed by atoms with Crippen molar-refractivity contribution in [2.24, 2.45) is 0 Å². The van der Waals surface area contributed by atoms with Crippen molar-refractivity contribution in [1.82, 2.24) is 9.88 Å². The van der Waals surface area contributed by atoms with E-state index in [2.05, 4.69) is 4.98 Å². The molecule has 22 heavy (non-hydrogen) atoms. The van der Waals surface area contributed by atoms with Crippen LogP contribution in [-0.4, -0.2) is 33.5 Å². The predicted octanol–water partition coefficient (Wildman–Crippen LogP) is 3.03. The second-order valence-corrected chi connectivity index (χ2v) is 6.65. The standard InChI is InChI=1S/C16H20N2O3S/c1-2-15-17-10-14(22-15)16(20)18-7-3-5-11(18)9-12(19)13-6-4-8-21-13/h4,6,8,10-12,19H,2-3,5,7,9H2,1H3. The SMILES string of the molecule is CCc1ncc(C(=O)N2CCCC2CC(O)c2ccco2)s1. The van der Waals surface area contributed by atoms with E-state index in [1.165, 1.54) is 11.3 Å². The van der Waals surface area contributed by atoms with Crippen LogP contribution in [0.2, 0.25) is 0 Å². The third kappa shape index (κ3) is 3.08. The predicted molar refractivity (Wildman–Crippen MR) is 83.8 cm³/mol. The minimum atomic E-state index is -0.666. The van der Waals surface area contributed by atoms with Gasteiger partial charge in [0.2, 0.25) is 0 Å². The van der Waals surface area contributed by atoms with Crippen LogP contribution in [0.3, 0.4) is 0 Å². The van der Waals surface area contributed by atoms with Crippen molar-refractivity contribution in [1.29, 1.82) is 0 Å². The number of aryl methyl sites for hydroxylation is 1. The summed E-state index contributed by atoms with van der Waals surface area (Å²) in [5.41, 5.74) is 0. The number of rotatable bonds is 5. The molecule has 1 aliphatic rings. The van der Waals surface area contributed by atoms with E-state index in [4.69, 9.17) is 4.42 Å². The molecule has 2 aromatic rings. The number of amides is 1. The minimum Gasteiger partial charge on any atom is -0.467 e. The Kier molecular flexibility index (Phi) is 4.59. The van der Waals surface area contributed by atoms with Gasteiger partial charge in [-0.25, -0.2) is 4.98 Å². The van der Waals surface area contributed by atoms with Crippen molar-refractivity contribution in [2.45, 2.75) is 44.8 Å². The summed E-state index contributed by atoms with van der Waals surface area (Å²) in [6.07, 6.45) is 5.81. The summed E-state index contributed by atoms with van der Waals surface area (Å²) < 4.78 is 5.24. The van der Waals surface area contributed by atoms with Crippen molar-refractivity contribution in [3.63, 3.8) is 0 Å². The van der Waals surface area contributed by atoms with Crippen LogP contribution >= 0.6 is 11.3 Å². The fourth-order valence-corrected chi connectivity index (χ4v) is 3.73. The number of thiazole rings is 1. The Balaban J connectivity index is 1.68. The van der Waals surface area contributed by atoms with Gasteiger partial charge in [0.15, 0.2) is 0 Å². The van der Waals surface area contributed by atoms with Gasteiger partial charge < -0.3 is 14.4 Å². The first-order chi connectivity index (χ1) is 10.7. The second kappa shape index (κ2) is 6.62. The molecule has 0 saturated carbocycles. The maximum absolute atomic E-state index is 12.6. The zero-order valence-electron chi connectivity index (χ0n) is 12.6. The average Bonchev–Trinajstić information content (AvgIpc) is 3.26. The molecule has 0 radical (unpaired) electrons. The Bertz CT molecular complexity index is 623. The van der Waals surface area contributed by atoms with Crippen LogP contribution in [0.15, 0.2) is 29.0 Å². The molecule has 1 N–H and O–H groups in total. The highest BCUT2D eigenvalue weighted by molar-refractivity contribution is 7.13. The highest BCUT2D eigenvalue weighted by atomic mass is 32.1. The fourth-order valence-electron chi connectivity index (χ4n) is 2.92. The maximum atomic E-state index is 12.6. The molecular formula is C16H20N2O3S. The van der Waals surface area contributed by atoms with E-state index >= 15 is 0 Å². The Morgan fingerprint density at radius 1 is 1.64 bits per heavy atom. The molecular weight excluding hydrogens is 300 g/mol. The molecule has 1 amide bonds. The van der Waals surface area contributed by atoms with Crippen LogP contribution in [0.25, 0.3) is 0 Å².